The van der Waals surface area contributed by atoms with E-state index in [9.17, 15) is 14.0 Å². The number of anilines is 1. The molecule has 1 aliphatic carbocycles. The fraction of sp³-hybridized carbons (Fsp3) is 0.500. The number of hydrogen-bond acceptors (Lipinski definition) is 3. The molecule has 0 aliphatic heterocycles. The summed E-state index contributed by atoms with van der Waals surface area (Å²) in [7, 11) is 1.35. The van der Waals surface area contributed by atoms with E-state index in [0.29, 0.717) is 48.0 Å². The van der Waals surface area contributed by atoms with E-state index >= 15 is 0 Å². The SMILES string of the molecule is COC(=O)CC/C=C\C[C@@H]1[C@@H](CNC(=O)Nc2ccc(Cl)c(Cl)c2)CC[C@H]1F. The molecule has 0 unspecified atom stereocenters. The molecule has 1 aromatic rings. The molecule has 0 aromatic heterocycles. The van der Waals surface area contributed by atoms with Crippen molar-refractivity contribution < 1.29 is 18.7 Å². The molecule has 0 heterocycles. The maximum atomic E-state index is 14.2. The van der Waals surface area contributed by atoms with Gasteiger partial charge in [0.15, 0.2) is 0 Å². The number of halogens is 3. The lowest BCUT2D eigenvalue weighted by Gasteiger charge is -2.20. The van der Waals surface area contributed by atoms with E-state index < -0.39 is 6.17 Å². The third kappa shape index (κ3) is 6.99. The van der Waals surface area contributed by atoms with Gasteiger partial charge in [0.25, 0.3) is 0 Å². The second kappa shape index (κ2) is 11.3. The van der Waals surface area contributed by atoms with Gasteiger partial charge in [-0.25, -0.2) is 9.18 Å². The van der Waals surface area contributed by atoms with Crippen LogP contribution in [0.2, 0.25) is 10.0 Å². The molecule has 8 heteroatoms. The lowest BCUT2D eigenvalue weighted by molar-refractivity contribution is -0.140. The van der Waals surface area contributed by atoms with Crippen molar-refractivity contribution >= 4 is 40.9 Å². The predicted octanol–water partition coefficient (Wildman–Crippen LogP) is 5.38. The Morgan fingerprint density at radius 3 is 2.75 bits per heavy atom. The Morgan fingerprint density at radius 2 is 2.04 bits per heavy atom. The van der Waals surface area contributed by atoms with Crippen molar-refractivity contribution in [3.8, 4) is 0 Å². The maximum absolute atomic E-state index is 14.2. The molecule has 154 valence electrons. The zero-order valence-corrected chi connectivity index (χ0v) is 17.2. The number of urea groups is 1. The van der Waals surface area contributed by atoms with E-state index in [2.05, 4.69) is 15.4 Å². The van der Waals surface area contributed by atoms with E-state index in [1.54, 1.807) is 18.2 Å². The number of carbonyl (C=O) groups excluding carboxylic acids is 2. The van der Waals surface area contributed by atoms with E-state index in [1.807, 2.05) is 12.2 Å². The molecule has 1 saturated carbocycles. The number of amides is 2. The molecule has 1 aromatic carbocycles. The van der Waals surface area contributed by atoms with E-state index in [4.69, 9.17) is 23.2 Å². The van der Waals surface area contributed by atoms with E-state index in [0.717, 1.165) is 6.42 Å². The van der Waals surface area contributed by atoms with Crippen molar-refractivity contribution in [1.82, 2.24) is 5.32 Å². The molecule has 0 radical (unpaired) electrons. The highest BCUT2D eigenvalue weighted by Gasteiger charge is 2.35. The molecule has 2 N–H and O–H groups in total. The molecule has 2 rings (SSSR count). The van der Waals surface area contributed by atoms with Crippen LogP contribution >= 0.6 is 23.2 Å². The summed E-state index contributed by atoms with van der Waals surface area (Å²) in [6.45, 7) is 0.397. The van der Waals surface area contributed by atoms with Gasteiger partial charge in [-0.15, -0.1) is 0 Å². The highest BCUT2D eigenvalue weighted by Crippen LogP contribution is 2.36. The van der Waals surface area contributed by atoms with Crippen LogP contribution in [0.15, 0.2) is 30.4 Å². The summed E-state index contributed by atoms with van der Waals surface area (Å²) < 4.78 is 18.8. The Balaban J connectivity index is 1.78. The van der Waals surface area contributed by atoms with Crippen LogP contribution in [-0.2, 0) is 9.53 Å². The van der Waals surface area contributed by atoms with Crippen LogP contribution < -0.4 is 10.6 Å². The zero-order chi connectivity index (χ0) is 20.5. The summed E-state index contributed by atoms with van der Waals surface area (Å²) in [5.74, 6) is -0.330. The second-order valence-corrected chi connectivity index (χ2v) is 7.62. The van der Waals surface area contributed by atoms with Gasteiger partial charge in [0, 0.05) is 18.7 Å². The van der Waals surface area contributed by atoms with Crippen molar-refractivity contribution in [2.45, 2.75) is 38.3 Å². The maximum Gasteiger partial charge on any atom is 0.319 e. The van der Waals surface area contributed by atoms with Gasteiger partial charge in [-0.3, -0.25) is 4.79 Å². The van der Waals surface area contributed by atoms with E-state index in [1.165, 1.54) is 7.11 Å². The third-order valence-corrected chi connectivity index (χ3v) is 5.64. The Bertz CT molecular complexity index is 715. The van der Waals surface area contributed by atoms with Gasteiger partial charge >= 0.3 is 12.0 Å². The average molecular weight is 431 g/mol. The van der Waals surface area contributed by atoms with Gasteiger partial charge in [0.05, 0.1) is 17.2 Å². The molecule has 3 atom stereocenters. The first-order valence-corrected chi connectivity index (χ1v) is 10.0. The standard InChI is InChI=1S/C20H25Cl2FN2O3/c1-28-19(26)6-4-2-3-5-15-13(7-10-18(15)23)12-24-20(27)25-14-8-9-16(21)17(22)11-14/h2-3,8-9,11,13,15,18H,4-7,10,12H2,1H3,(H2,24,25,27)/b3-2-/t13-,15-,18-/m1/s1. The van der Waals surface area contributed by atoms with Crippen LogP contribution in [0.1, 0.15) is 32.1 Å². The van der Waals surface area contributed by atoms with Crippen molar-refractivity contribution in [3.63, 3.8) is 0 Å². The van der Waals surface area contributed by atoms with E-state index in [-0.39, 0.29) is 23.8 Å². The number of nitrogens with one attached hydrogen (secondary N) is 2. The van der Waals surface area contributed by atoms with Crippen LogP contribution in [0.25, 0.3) is 0 Å². The monoisotopic (exact) mass is 430 g/mol. The zero-order valence-electron chi connectivity index (χ0n) is 15.7. The minimum absolute atomic E-state index is 0.0693. The topological polar surface area (TPSA) is 67.4 Å². The van der Waals surface area contributed by atoms with Crippen molar-refractivity contribution in [2.24, 2.45) is 11.8 Å². The number of benzene rings is 1. The molecule has 1 aliphatic rings. The van der Waals surface area contributed by atoms with Gasteiger partial charge in [-0.2, -0.15) is 0 Å². The summed E-state index contributed by atoms with van der Waals surface area (Å²) in [6.07, 6.45) is 5.62. The summed E-state index contributed by atoms with van der Waals surface area (Å²) in [4.78, 5) is 23.2. The molecule has 5 nitrogen and oxygen atoms in total. The number of carbonyl (C=O) groups is 2. The summed E-state index contributed by atoms with van der Waals surface area (Å²) in [6, 6.07) is 4.46. The fourth-order valence-electron chi connectivity index (χ4n) is 3.34. The summed E-state index contributed by atoms with van der Waals surface area (Å²) >= 11 is 11.8. The number of esters is 1. The molecule has 28 heavy (non-hydrogen) atoms. The highest BCUT2D eigenvalue weighted by molar-refractivity contribution is 6.42. The number of allylic oxidation sites excluding steroid dienone is 2. The predicted molar refractivity (Wildman–Crippen MR) is 110 cm³/mol. The quantitative estimate of drug-likeness (QED) is 0.429. The molecular weight excluding hydrogens is 406 g/mol. The Labute approximate surface area is 174 Å². The van der Waals surface area contributed by atoms with Crippen LogP contribution in [0.3, 0.4) is 0 Å². The van der Waals surface area contributed by atoms with Crippen molar-refractivity contribution in [1.29, 1.82) is 0 Å². The number of hydrogen-bond donors (Lipinski definition) is 2. The van der Waals surface area contributed by atoms with Crippen LogP contribution in [0, 0.1) is 11.8 Å². The Hall–Kier alpha value is -1.79. The van der Waals surface area contributed by atoms with Crippen LogP contribution in [-0.4, -0.2) is 31.8 Å². The molecule has 0 spiro atoms. The minimum Gasteiger partial charge on any atom is -0.469 e. The molecule has 0 saturated heterocycles. The smallest absolute Gasteiger partial charge is 0.319 e. The minimum atomic E-state index is -0.879. The average Bonchev–Trinajstić information content (AvgIpc) is 3.02. The molecule has 2 amide bonds. The first-order chi connectivity index (χ1) is 13.4. The first-order valence-electron chi connectivity index (χ1n) is 9.26. The van der Waals surface area contributed by atoms with Gasteiger partial charge < -0.3 is 15.4 Å². The molecule has 1 fully saturated rings. The van der Waals surface area contributed by atoms with Gasteiger partial charge in [0.2, 0.25) is 0 Å². The number of ether oxygens (including phenoxy) is 1. The number of alkyl halides is 1. The Kier molecular flexibility index (Phi) is 9.06. The van der Waals surface area contributed by atoms with Crippen LogP contribution in [0.5, 0.6) is 0 Å². The normalized spacial score (nSPS) is 21.6. The lowest BCUT2D eigenvalue weighted by Crippen LogP contribution is -2.35. The van der Waals surface area contributed by atoms with Gasteiger partial charge in [0.1, 0.15) is 6.17 Å². The number of rotatable bonds is 8. The second-order valence-electron chi connectivity index (χ2n) is 6.80. The largest absolute Gasteiger partial charge is 0.469 e. The fourth-order valence-corrected chi connectivity index (χ4v) is 3.64. The van der Waals surface area contributed by atoms with Crippen LogP contribution in [0.4, 0.5) is 14.9 Å². The third-order valence-electron chi connectivity index (χ3n) is 4.90. The lowest BCUT2D eigenvalue weighted by atomic mass is 9.91. The van der Waals surface area contributed by atoms with Gasteiger partial charge in [-0.05, 0) is 55.7 Å². The van der Waals surface area contributed by atoms with Gasteiger partial charge in [-0.1, -0.05) is 35.4 Å². The highest BCUT2D eigenvalue weighted by atomic mass is 35.5. The van der Waals surface area contributed by atoms with Crippen molar-refractivity contribution in [2.75, 3.05) is 19.0 Å². The Morgan fingerprint density at radius 1 is 1.25 bits per heavy atom. The molecule has 0 bridgehead atoms. The summed E-state index contributed by atoms with van der Waals surface area (Å²) in [5.41, 5.74) is 0.534. The summed E-state index contributed by atoms with van der Waals surface area (Å²) in [5, 5.41) is 6.26. The van der Waals surface area contributed by atoms with Crippen molar-refractivity contribution in [3.05, 3.63) is 40.4 Å². The first kappa shape index (κ1) is 22.5. The number of methoxy groups -OCH3 is 1. The molecular formula is C20H25Cl2FN2O3.